The molecule has 142 valence electrons. The molecule has 0 radical (unpaired) electrons. The molecule has 2 rings (SSSR count). The molecule has 0 saturated heterocycles. The first kappa shape index (κ1) is 21.7. The lowest BCUT2D eigenvalue weighted by Crippen LogP contribution is -2.41. The molecular weight excluding hydrogens is 447 g/mol. The summed E-state index contributed by atoms with van der Waals surface area (Å²) in [6.07, 6.45) is 1.74. The quantitative estimate of drug-likeness (QED) is 0.210. The van der Waals surface area contributed by atoms with Gasteiger partial charge in [0, 0.05) is 38.4 Å². The van der Waals surface area contributed by atoms with Gasteiger partial charge in [-0.3, -0.25) is 9.48 Å². The molecule has 0 unspecified atom stereocenters. The van der Waals surface area contributed by atoms with E-state index in [1.807, 2.05) is 20.0 Å². The number of nitrogens with zero attached hydrogens (tertiary/aromatic N) is 3. The maximum absolute atomic E-state index is 12.0. The van der Waals surface area contributed by atoms with E-state index in [0.717, 1.165) is 12.2 Å². The average molecular weight is 472 g/mol. The summed E-state index contributed by atoms with van der Waals surface area (Å²) in [4.78, 5) is 16.5. The minimum absolute atomic E-state index is 0. The molecule has 9 heteroatoms. The zero-order valence-corrected chi connectivity index (χ0v) is 17.2. The van der Waals surface area contributed by atoms with Crippen molar-refractivity contribution in [2.45, 2.75) is 13.5 Å². The predicted octanol–water partition coefficient (Wildman–Crippen LogP) is 1.23. The lowest BCUT2D eigenvalue weighted by atomic mass is 10.2. The zero-order chi connectivity index (χ0) is 18.1. The molecule has 0 bridgehead atoms. The summed E-state index contributed by atoms with van der Waals surface area (Å²) < 4.78 is 1.78. The zero-order valence-electron chi connectivity index (χ0n) is 14.9. The molecule has 0 aliphatic heterocycles. The fraction of sp³-hybridized carbons (Fsp3) is 0.353. The minimum Gasteiger partial charge on any atom is -0.508 e. The van der Waals surface area contributed by atoms with Gasteiger partial charge in [0.1, 0.15) is 5.75 Å². The van der Waals surface area contributed by atoms with Gasteiger partial charge in [-0.25, -0.2) is 4.99 Å². The second kappa shape index (κ2) is 11.3. The van der Waals surface area contributed by atoms with E-state index in [2.05, 4.69) is 26.0 Å². The summed E-state index contributed by atoms with van der Waals surface area (Å²) in [5.74, 6) is 0.638. The molecule has 0 fully saturated rings. The summed E-state index contributed by atoms with van der Waals surface area (Å²) in [6.45, 7) is 4.26. The van der Waals surface area contributed by atoms with Gasteiger partial charge in [0.15, 0.2) is 5.96 Å². The van der Waals surface area contributed by atoms with Gasteiger partial charge in [-0.1, -0.05) is 0 Å². The van der Waals surface area contributed by atoms with Crippen molar-refractivity contribution in [3.63, 3.8) is 0 Å². The van der Waals surface area contributed by atoms with Crippen LogP contribution in [0.1, 0.15) is 23.0 Å². The average Bonchev–Trinajstić information content (AvgIpc) is 3.02. The lowest BCUT2D eigenvalue weighted by Gasteiger charge is -2.12. The standard InChI is InChI=1S/C17H24N6O2.HI/c1-3-18-17(21-12-14-8-9-22-23(14)2)20-11-10-19-16(25)13-4-6-15(24)7-5-13;/h4-9,24H,3,10-12H2,1-2H3,(H,19,25)(H2,18,20,21);1H. The van der Waals surface area contributed by atoms with Gasteiger partial charge in [-0.15, -0.1) is 24.0 Å². The molecule has 0 spiro atoms. The van der Waals surface area contributed by atoms with Crippen LogP contribution in [-0.2, 0) is 13.6 Å². The third-order valence-corrected chi connectivity index (χ3v) is 3.50. The van der Waals surface area contributed by atoms with Gasteiger partial charge in [0.25, 0.3) is 5.91 Å². The van der Waals surface area contributed by atoms with Crippen LogP contribution in [0.25, 0.3) is 0 Å². The molecule has 0 aliphatic carbocycles. The highest BCUT2D eigenvalue weighted by Crippen LogP contribution is 2.09. The number of aromatic hydroxyl groups is 1. The Morgan fingerprint density at radius 3 is 2.46 bits per heavy atom. The van der Waals surface area contributed by atoms with Crippen molar-refractivity contribution in [2.75, 3.05) is 19.6 Å². The second-order valence-electron chi connectivity index (χ2n) is 5.37. The van der Waals surface area contributed by atoms with Crippen molar-refractivity contribution in [1.29, 1.82) is 0 Å². The Kier molecular flexibility index (Phi) is 9.48. The van der Waals surface area contributed by atoms with E-state index in [9.17, 15) is 9.90 Å². The fourth-order valence-electron chi connectivity index (χ4n) is 2.13. The van der Waals surface area contributed by atoms with E-state index >= 15 is 0 Å². The highest BCUT2D eigenvalue weighted by molar-refractivity contribution is 14.0. The van der Waals surface area contributed by atoms with Crippen molar-refractivity contribution >= 4 is 35.8 Å². The lowest BCUT2D eigenvalue weighted by molar-refractivity contribution is 0.0954. The molecule has 1 heterocycles. The fourth-order valence-corrected chi connectivity index (χ4v) is 2.13. The van der Waals surface area contributed by atoms with Crippen LogP contribution in [0.15, 0.2) is 41.5 Å². The van der Waals surface area contributed by atoms with Gasteiger partial charge in [-0.2, -0.15) is 5.10 Å². The maximum Gasteiger partial charge on any atom is 0.251 e. The van der Waals surface area contributed by atoms with Gasteiger partial charge in [-0.05, 0) is 37.3 Å². The van der Waals surface area contributed by atoms with Crippen LogP contribution in [0.4, 0.5) is 0 Å². The molecular formula is C17H25IN6O2. The molecule has 0 atom stereocenters. The second-order valence-corrected chi connectivity index (χ2v) is 5.37. The van der Waals surface area contributed by atoms with E-state index in [4.69, 9.17) is 0 Å². The third kappa shape index (κ3) is 6.90. The number of hydrogen-bond donors (Lipinski definition) is 4. The number of rotatable bonds is 7. The van der Waals surface area contributed by atoms with Crippen molar-refractivity contribution in [1.82, 2.24) is 25.7 Å². The van der Waals surface area contributed by atoms with Crippen LogP contribution in [0, 0.1) is 0 Å². The minimum atomic E-state index is -0.182. The van der Waals surface area contributed by atoms with Crippen molar-refractivity contribution < 1.29 is 9.90 Å². The molecule has 2 aromatic rings. The first-order valence-corrected chi connectivity index (χ1v) is 8.16. The Bertz CT molecular complexity index is 714. The summed E-state index contributed by atoms with van der Waals surface area (Å²) in [5, 5.41) is 22.5. The van der Waals surface area contributed by atoms with Gasteiger partial charge in [0.2, 0.25) is 0 Å². The van der Waals surface area contributed by atoms with E-state index in [1.165, 1.54) is 12.1 Å². The molecule has 8 nitrogen and oxygen atoms in total. The van der Waals surface area contributed by atoms with E-state index < -0.39 is 0 Å². The van der Waals surface area contributed by atoms with Crippen LogP contribution in [0.3, 0.4) is 0 Å². The number of carbonyl (C=O) groups is 1. The normalized spacial score (nSPS) is 10.8. The van der Waals surface area contributed by atoms with Crippen LogP contribution >= 0.6 is 24.0 Å². The Hall–Kier alpha value is -2.30. The molecule has 4 N–H and O–H groups in total. The summed E-state index contributed by atoms with van der Waals surface area (Å²) in [7, 11) is 1.88. The topological polar surface area (TPSA) is 104 Å². The molecule has 1 aromatic heterocycles. The number of benzene rings is 1. The number of halogens is 1. The number of hydrogen-bond acceptors (Lipinski definition) is 4. The van der Waals surface area contributed by atoms with Crippen molar-refractivity contribution in [3.8, 4) is 5.75 Å². The number of aryl methyl sites for hydroxylation is 1. The first-order chi connectivity index (χ1) is 12.1. The van der Waals surface area contributed by atoms with Gasteiger partial charge >= 0.3 is 0 Å². The molecule has 1 aromatic carbocycles. The number of amides is 1. The smallest absolute Gasteiger partial charge is 0.251 e. The number of carbonyl (C=O) groups excluding carboxylic acids is 1. The Labute approximate surface area is 170 Å². The van der Waals surface area contributed by atoms with Gasteiger partial charge < -0.3 is 21.1 Å². The van der Waals surface area contributed by atoms with E-state index in [0.29, 0.717) is 31.2 Å². The number of aliphatic imine (C=N–C) groups is 1. The molecule has 0 aliphatic rings. The summed E-state index contributed by atoms with van der Waals surface area (Å²) in [5.41, 5.74) is 1.52. The van der Waals surface area contributed by atoms with Crippen molar-refractivity contribution in [3.05, 3.63) is 47.8 Å². The number of guanidine groups is 1. The summed E-state index contributed by atoms with van der Waals surface area (Å²) >= 11 is 0. The number of phenolic OH excluding ortho intramolecular Hbond substituents is 1. The maximum atomic E-state index is 12.0. The SMILES string of the molecule is CCNC(=NCc1ccnn1C)NCCNC(=O)c1ccc(O)cc1.I. The van der Waals surface area contributed by atoms with Crippen LogP contribution in [0.2, 0.25) is 0 Å². The number of aromatic nitrogens is 2. The van der Waals surface area contributed by atoms with E-state index in [1.54, 1.807) is 23.0 Å². The summed E-state index contributed by atoms with van der Waals surface area (Å²) in [6, 6.07) is 8.06. The Morgan fingerprint density at radius 2 is 1.85 bits per heavy atom. The highest BCUT2D eigenvalue weighted by atomic mass is 127. The first-order valence-electron chi connectivity index (χ1n) is 8.16. The Balaban J connectivity index is 0.00000338. The van der Waals surface area contributed by atoms with Gasteiger partial charge in [0.05, 0.1) is 12.2 Å². The monoisotopic (exact) mass is 472 g/mol. The highest BCUT2D eigenvalue weighted by Gasteiger charge is 2.05. The number of nitrogens with one attached hydrogen (secondary N) is 3. The van der Waals surface area contributed by atoms with Crippen LogP contribution in [0.5, 0.6) is 5.75 Å². The van der Waals surface area contributed by atoms with Crippen LogP contribution < -0.4 is 16.0 Å². The van der Waals surface area contributed by atoms with E-state index in [-0.39, 0.29) is 35.6 Å². The third-order valence-electron chi connectivity index (χ3n) is 3.50. The Morgan fingerprint density at radius 1 is 1.15 bits per heavy atom. The molecule has 1 amide bonds. The van der Waals surface area contributed by atoms with Crippen molar-refractivity contribution in [2.24, 2.45) is 12.0 Å². The molecule has 0 saturated carbocycles. The van der Waals surface area contributed by atoms with Crippen LogP contribution in [-0.4, -0.2) is 46.4 Å². The predicted molar refractivity (Wildman–Crippen MR) is 112 cm³/mol. The largest absolute Gasteiger partial charge is 0.508 e. The molecule has 26 heavy (non-hydrogen) atoms. The number of phenols is 1.